The number of nitrogens with one attached hydrogen (secondary N) is 2. The number of alkyl halides is 3. The summed E-state index contributed by atoms with van der Waals surface area (Å²) >= 11 is 0. The molecule has 0 fully saturated rings. The van der Waals surface area contributed by atoms with Crippen molar-refractivity contribution in [2.75, 3.05) is 18.1 Å². The Morgan fingerprint density at radius 1 is 1.24 bits per heavy atom. The fraction of sp³-hybridized carbons (Fsp3) is 0.429. The van der Waals surface area contributed by atoms with Crippen LogP contribution in [0, 0.1) is 0 Å². The zero-order chi connectivity index (χ0) is 19.8. The fourth-order valence-corrected chi connectivity index (χ4v) is 2.76. The van der Waals surface area contributed by atoms with Crippen LogP contribution in [0.1, 0.15) is 19.4 Å². The van der Waals surface area contributed by atoms with Gasteiger partial charge in [0.2, 0.25) is 5.91 Å². The van der Waals surface area contributed by atoms with Crippen molar-refractivity contribution in [3.8, 4) is 0 Å². The van der Waals surface area contributed by atoms with Gasteiger partial charge in [-0.1, -0.05) is 6.92 Å². The van der Waals surface area contributed by atoms with Crippen LogP contribution in [0.5, 0.6) is 0 Å². The number of carboxylic acid groups (broad SMARTS) is 1. The molecule has 3 N–H and O–H groups in total. The number of carboxylic acids is 1. The van der Waals surface area contributed by atoms with Crippen LogP contribution in [0.25, 0.3) is 0 Å². The summed E-state index contributed by atoms with van der Waals surface area (Å²) in [6, 6.07) is 4.82. The van der Waals surface area contributed by atoms with E-state index < -0.39 is 22.0 Å². The molecule has 0 aromatic heterocycles. The van der Waals surface area contributed by atoms with E-state index in [2.05, 4.69) is 10.6 Å². The summed E-state index contributed by atoms with van der Waals surface area (Å²) in [4.78, 5) is 20.2. The fourth-order valence-electron chi connectivity index (χ4n) is 1.65. The van der Waals surface area contributed by atoms with E-state index in [1.165, 1.54) is 13.0 Å². The molecule has 0 aliphatic rings. The standard InChI is InChI=1S/C12H18N2O3S.C2HF3O2/c1-4-18(16,17)12-6-5-11(14-9(2)15)7-10(12)8-13-3;3-2(4,5)1(6)7/h5-7,13H,4,8H2,1-3H3,(H,14,15);(H,6,7). The molecule has 0 aliphatic heterocycles. The highest BCUT2D eigenvalue weighted by Crippen LogP contribution is 2.21. The lowest BCUT2D eigenvalue weighted by Crippen LogP contribution is -2.21. The zero-order valence-corrected chi connectivity index (χ0v) is 14.6. The maximum absolute atomic E-state index is 11.9. The third kappa shape index (κ3) is 7.98. The molecule has 1 rings (SSSR count). The van der Waals surface area contributed by atoms with Gasteiger partial charge in [-0.2, -0.15) is 13.2 Å². The molecule has 0 spiro atoms. The van der Waals surface area contributed by atoms with Gasteiger partial charge in [0.25, 0.3) is 0 Å². The summed E-state index contributed by atoms with van der Waals surface area (Å²) in [7, 11) is -1.51. The molecule has 0 aliphatic carbocycles. The van der Waals surface area contributed by atoms with Gasteiger partial charge in [-0.05, 0) is 30.8 Å². The molecule has 7 nitrogen and oxygen atoms in total. The normalized spacial score (nSPS) is 11.3. The molecule has 1 aromatic carbocycles. The van der Waals surface area contributed by atoms with E-state index in [0.29, 0.717) is 22.7 Å². The van der Waals surface area contributed by atoms with E-state index in [4.69, 9.17) is 9.90 Å². The zero-order valence-electron chi connectivity index (χ0n) is 13.8. The Hall–Kier alpha value is -2.14. The van der Waals surface area contributed by atoms with Crippen molar-refractivity contribution >= 4 is 27.4 Å². The molecule has 0 radical (unpaired) electrons. The number of benzene rings is 1. The Balaban J connectivity index is 0.000000697. The average molecular weight is 384 g/mol. The minimum atomic E-state index is -5.08. The quantitative estimate of drug-likeness (QED) is 0.714. The number of amides is 1. The SMILES string of the molecule is CCS(=O)(=O)c1ccc(NC(C)=O)cc1CNC.O=C(O)C(F)(F)F. The monoisotopic (exact) mass is 384 g/mol. The first-order valence-corrected chi connectivity index (χ1v) is 8.58. The summed E-state index contributed by atoms with van der Waals surface area (Å²) < 4.78 is 55.6. The van der Waals surface area contributed by atoms with Gasteiger partial charge in [0, 0.05) is 19.2 Å². The molecule has 0 atom stereocenters. The van der Waals surface area contributed by atoms with Gasteiger partial charge >= 0.3 is 12.1 Å². The van der Waals surface area contributed by atoms with Crippen molar-refractivity contribution in [3.63, 3.8) is 0 Å². The maximum atomic E-state index is 11.9. The van der Waals surface area contributed by atoms with Gasteiger partial charge in [-0.15, -0.1) is 0 Å². The van der Waals surface area contributed by atoms with E-state index >= 15 is 0 Å². The molecular weight excluding hydrogens is 365 g/mol. The van der Waals surface area contributed by atoms with Crippen LogP contribution in [-0.4, -0.2) is 44.4 Å². The average Bonchev–Trinajstić information content (AvgIpc) is 2.46. The number of rotatable bonds is 5. The summed E-state index contributed by atoms with van der Waals surface area (Å²) in [5.74, 6) is -2.88. The lowest BCUT2D eigenvalue weighted by Gasteiger charge is -2.11. The van der Waals surface area contributed by atoms with Crippen molar-refractivity contribution in [3.05, 3.63) is 23.8 Å². The Kier molecular flexibility index (Phi) is 8.57. The summed E-state index contributed by atoms with van der Waals surface area (Å²) in [6.45, 7) is 3.46. The van der Waals surface area contributed by atoms with Crippen molar-refractivity contribution < 1.29 is 36.3 Å². The second-order valence-electron chi connectivity index (χ2n) is 4.74. The molecule has 11 heteroatoms. The molecule has 142 valence electrons. The van der Waals surface area contributed by atoms with Gasteiger partial charge in [-0.25, -0.2) is 13.2 Å². The number of sulfone groups is 1. The highest BCUT2D eigenvalue weighted by atomic mass is 32.2. The number of anilines is 1. The third-order valence-electron chi connectivity index (χ3n) is 2.71. The van der Waals surface area contributed by atoms with Gasteiger partial charge in [0.15, 0.2) is 9.84 Å². The molecule has 0 saturated heterocycles. The van der Waals surface area contributed by atoms with Crippen LogP contribution < -0.4 is 10.6 Å². The molecule has 0 saturated carbocycles. The van der Waals surface area contributed by atoms with Crippen molar-refractivity contribution in [2.24, 2.45) is 0 Å². The molecule has 0 bridgehead atoms. The topological polar surface area (TPSA) is 113 Å². The first-order valence-electron chi connectivity index (χ1n) is 6.93. The number of aliphatic carboxylic acids is 1. The molecule has 0 unspecified atom stereocenters. The summed E-state index contributed by atoms with van der Waals surface area (Å²) in [5, 5.41) is 12.7. The van der Waals surface area contributed by atoms with Crippen LogP contribution >= 0.6 is 0 Å². The minimum absolute atomic E-state index is 0.0587. The predicted octanol–water partition coefficient (Wildman–Crippen LogP) is 1.79. The number of hydrogen-bond acceptors (Lipinski definition) is 5. The smallest absolute Gasteiger partial charge is 0.475 e. The van der Waals surface area contributed by atoms with Crippen molar-refractivity contribution in [1.82, 2.24) is 5.32 Å². The summed E-state index contributed by atoms with van der Waals surface area (Å²) in [5.41, 5.74) is 1.26. The van der Waals surface area contributed by atoms with E-state index in [9.17, 15) is 26.4 Å². The van der Waals surface area contributed by atoms with Gasteiger partial charge in [0.1, 0.15) is 0 Å². The Labute approximate surface area is 143 Å². The van der Waals surface area contributed by atoms with Crippen molar-refractivity contribution in [2.45, 2.75) is 31.5 Å². The predicted molar refractivity (Wildman–Crippen MR) is 84.9 cm³/mol. The van der Waals surface area contributed by atoms with Crippen molar-refractivity contribution in [1.29, 1.82) is 0 Å². The van der Waals surface area contributed by atoms with E-state index in [1.54, 1.807) is 26.1 Å². The highest BCUT2D eigenvalue weighted by Gasteiger charge is 2.38. The second kappa shape index (κ2) is 9.37. The van der Waals surface area contributed by atoms with E-state index in [1.807, 2.05) is 0 Å². The third-order valence-corrected chi connectivity index (χ3v) is 4.53. The van der Waals surface area contributed by atoms with E-state index in [0.717, 1.165) is 0 Å². The molecule has 25 heavy (non-hydrogen) atoms. The lowest BCUT2D eigenvalue weighted by atomic mass is 10.2. The Morgan fingerprint density at radius 2 is 1.76 bits per heavy atom. The number of carbonyl (C=O) groups is 2. The van der Waals surface area contributed by atoms with Crippen LogP contribution in [0.2, 0.25) is 0 Å². The molecular formula is C14H19F3N2O5S. The lowest BCUT2D eigenvalue weighted by molar-refractivity contribution is -0.192. The van der Waals surface area contributed by atoms with Gasteiger partial charge < -0.3 is 15.7 Å². The van der Waals surface area contributed by atoms with Crippen LogP contribution in [-0.2, 0) is 26.0 Å². The number of halogens is 3. The van der Waals surface area contributed by atoms with Gasteiger partial charge in [-0.3, -0.25) is 4.79 Å². The van der Waals surface area contributed by atoms with Crippen LogP contribution in [0.15, 0.2) is 23.1 Å². The second-order valence-corrected chi connectivity index (χ2v) is 6.99. The minimum Gasteiger partial charge on any atom is -0.475 e. The Morgan fingerprint density at radius 3 is 2.12 bits per heavy atom. The molecule has 0 heterocycles. The van der Waals surface area contributed by atoms with Crippen LogP contribution in [0.3, 0.4) is 0 Å². The van der Waals surface area contributed by atoms with E-state index in [-0.39, 0.29) is 11.7 Å². The first-order chi connectivity index (χ1) is 11.3. The maximum Gasteiger partial charge on any atom is 0.490 e. The first kappa shape index (κ1) is 22.9. The van der Waals surface area contributed by atoms with Crippen LogP contribution in [0.4, 0.5) is 18.9 Å². The summed E-state index contributed by atoms with van der Waals surface area (Å²) in [6.07, 6.45) is -5.08. The number of carbonyl (C=O) groups excluding carboxylic acids is 1. The Bertz CT molecular complexity index is 718. The highest BCUT2D eigenvalue weighted by molar-refractivity contribution is 7.91. The molecule has 1 amide bonds. The number of hydrogen-bond donors (Lipinski definition) is 3. The van der Waals surface area contributed by atoms with Gasteiger partial charge in [0.05, 0.1) is 10.6 Å². The molecule has 1 aromatic rings. The largest absolute Gasteiger partial charge is 0.490 e.